The molecule has 2 rings (SSSR count). The molecule has 1 heterocycles. The summed E-state index contributed by atoms with van der Waals surface area (Å²) in [5.74, 6) is 0. The smallest absolute Gasteiger partial charge is 0.0375 e. The number of hydrogen-bond donors (Lipinski definition) is 1. The van der Waals surface area contributed by atoms with Crippen LogP contribution in [0.2, 0.25) is 0 Å². The molecule has 1 aromatic carbocycles. The van der Waals surface area contributed by atoms with Crippen molar-refractivity contribution in [1.29, 1.82) is 0 Å². The molecule has 3 nitrogen and oxygen atoms in total. The van der Waals surface area contributed by atoms with Gasteiger partial charge in [-0.25, -0.2) is 0 Å². The first-order valence-corrected chi connectivity index (χ1v) is 7.74. The molecule has 1 saturated heterocycles. The average molecular weight is 326 g/mol. The zero-order valence-corrected chi connectivity index (χ0v) is 13.7. The third-order valence-electron chi connectivity index (χ3n) is 4.07. The van der Waals surface area contributed by atoms with E-state index in [1.807, 2.05) is 6.92 Å². The number of likely N-dealkylation sites (tertiary alicyclic amines) is 1. The summed E-state index contributed by atoms with van der Waals surface area (Å²) in [6, 6.07) is 7.21. The van der Waals surface area contributed by atoms with Crippen LogP contribution in [0.5, 0.6) is 0 Å². The lowest BCUT2D eigenvalue weighted by Crippen LogP contribution is -2.36. The highest BCUT2D eigenvalue weighted by Gasteiger charge is 2.22. The number of nitrogens with zero attached hydrogens (tertiary/aromatic N) is 2. The highest BCUT2D eigenvalue weighted by Crippen LogP contribution is 2.27. The Balaban J connectivity index is 2.07. The minimum atomic E-state index is 0.0645. The number of hydrogen-bond acceptors (Lipinski definition) is 3. The molecule has 1 fully saturated rings. The number of likely N-dealkylation sites (N-methyl/N-ethyl adjacent to an activating group) is 2. The van der Waals surface area contributed by atoms with Crippen LogP contribution in [0.4, 0.5) is 5.69 Å². The number of rotatable bonds is 4. The maximum Gasteiger partial charge on any atom is 0.0375 e. The van der Waals surface area contributed by atoms with Gasteiger partial charge in [-0.05, 0) is 51.1 Å². The summed E-state index contributed by atoms with van der Waals surface area (Å²) in [4.78, 5) is 4.80. The van der Waals surface area contributed by atoms with Gasteiger partial charge in [-0.2, -0.15) is 0 Å². The van der Waals surface area contributed by atoms with E-state index in [9.17, 15) is 0 Å². The second-order valence-electron chi connectivity index (χ2n) is 5.65. The van der Waals surface area contributed by atoms with E-state index < -0.39 is 0 Å². The lowest BCUT2D eigenvalue weighted by Gasteiger charge is -2.27. The first-order chi connectivity index (χ1) is 8.99. The van der Waals surface area contributed by atoms with Gasteiger partial charge < -0.3 is 15.5 Å². The minimum Gasteiger partial charge on any atom is -0.373 e. The Morgan fingerprint density at radius 3 is 2.79 bits per heavy atom. The predicted octanol–water partition coefficient (Wildman–Crippen LogP) is 3.00. The molecule has 106 valence electrons. The molecule has 0 radical (unpaired) electrons. The molecule has 1 aliphatic rings. The van der Waals surface area contributed by atoms with E-state index in [1.165, 1.54) is 25.1 Å². The molecule has 1 aromatic rings. The van der Waals surface area contributed by atoms with E-state index in [1.54, 1.807) is 0 Å². The van der Waals surface area contributed by atoms with Crippen LogP contribution in [0.1, 0.15) is 31.4 Å². The summed E-state index contributed by atoms with van der Waals surface area (Å²) < 4.78 is 1.10. The van der Waals surface area contributed by atoms with E-state index in [4.69, 9.17) is 5.73 Å². The topological polar surface area (TPSA) is 32.5 Å². The highest BCUT2D eigenvalue weighted by molar-refractivity contribution is 9.10. The van der Waals surface area contributed by atoms with Crippen LogP contribution in [-0.2, 0) is 0 Å². The number of halogens is 1. The summed E-state index contributed by atoms with van der Waals surface area (Å²) in [5, 5.41) is 0. The molecule has 4 heteroatoms. The molecule has 2 N–H and O–H groups in total. The third kappa shape index (κ3) is 3.50. The summed E-state index contributed by atoms with van der Waals surface area (Å²) in [5.41, 5.74) is 8.35. The van der Waals surface area contributed by atoms with Crippen molar-refractivity contribution in [1.82, 2.24) is 4.90 Å². The molecule has 0 saturated carbocycles. The molecule has 0 aromatic heterocycles. The first kappa shape index (κ1) is 14.8. The molecule has 2 atom stereocenters. The van der Waals surface area contributed by atoms with E-state index in [0.717, 1.165) is 16.6 Å². The van der Waals surface area contributed by atoms with Crippen molar-refractivity contribution >= 4 is 21.6 Å². The Labute approximate surface area is 124 Å². The van der Waals surface area contributed by atoms with Crippen molar-refractivity contribution in [3.63, 3.8) is 0 Å². The van der Waals surface area contributed by atoms with Gasteiger partial charge in [-0.15, -0.1) is 0 Å². The molecule has 19 heavy (non-hydrogen) atoms. The Kier molecular flexibility index (Phi) is 4.87. The first-order valence-electron chi connectivity index (χ1n) is 6.95. The summed E-state index contributed by atoms with van der Waals surface area (Å²) in [6.07, 6.45) is 2.63. The minimum absolute atomic E-state index is 0.0645. The summed E-state index contributed by atoms with van der Waals surface area (Å²) in [7, 11) is 4.39. The standard InChI is InChI=1S/C15H24BrN3/c1-11(17)14-7-6-12(9-15(14)16)19(3)10-13-5-4-8-18(13)2/h6-7,9,11,13H,4-5,8,10,17H2,1-3H3/t11-,13?/m1/s1. The SMILES string of the molecule is C[C@@H](N)c1ccc(N(C)CC2CCCN2C)cc1Br. The van der Waals surface area contributed by atoms with Crippen molar-refractivity contribution in [2.45, 2.75) is 31.8 Å². The molecule has 0 bridgehead atoms. The van der Waals surface area contributed by atoms with E-state index >= 15 is 0 Å². The Bertz CT molecular complexity index is 433. The zero-order valence-electron chi connectivity index (χ0n) is 12.1. The van der Waals surface area contributed by atoms with Crippen molar-refractivity contribution in [2.24, 2.45) is 5.73 Å². The van der Waals surface area contributed by atoms with Gasteiger partial charge in [0, 0.05) is 35.8 Å². The van der Waals surface area contributed by atoms with Gasteiger partial charge in [-0.1, -0.05) is 22.0 Å². The molecule has 0 spiro atoms. The van der Waals surface area contributed by atoms with Crippen molar-refractivity contribution in [3.05, 3.63) is 28.2 Å². The lowest BCUT2D eigenvalue weighted by atomic mass is 10.1. The monoisotopic (exact) mass is 325 g/mol. The van der Waals surface area contributed by atoms with Crippen LogP contribution in [-0.4, -0.2) is 38.1 Å². The zero-order chi connectivity index (χ0) is 14.0. The van der Waals surface area contributed by atoms with Gasteiger partial charge in [0.2, 0.25) is 0 Å². The fourth-order valence-corrected chi connectivity index (χ4v) is 3.48. The van der Waals surface area contributed by atoms with Crippen molar-refractivity contribution < 1.29 is 0 Å². The van der Waals surface area contributed by atoms with Crippen LogP contribution in [0, 0.1) is 0 Å². The Hall–Kier alpha value is -0.580. The van der Waals surface area contributed by atoms with Crippen LogP contribution in [0.25, 0.3) is 0 Å². The molecular weight excluding hydrogens is 302 g/mol. The second-order valence-corrected chi connectivity index (χ2v) is 6.51. The number of nitrogens with two attached hydrogens (primary N) is 1. The van der Waals surface area contributed by atoms with Crippen LogP contribution in [0.15, 0.2) is 22.7 Å². The number of benzene rings is 1. The van der Waals surface area contributed by atoms with Gasteiger partial charge in [-0.3, -0.25) is 0 Å². The Morgan fingerprint density at radius 2 is 2.26 bits per heavy atom. The second kappa shape index (κ2) is 6.25. The van der Waals surface area contributed by atoms with Gasteiger partial charge in [0.05, 0.1) is 0 Å². The van der Waals surface area contributed by atoms with Crippen LogP contribution in [0.3, 0.4) is 0 Å². The van der Waals surface area contributed by atoms with Crippen LogP contribution < -0.4 is 10.6 Å². The van der Waals surface area contributed by atoms with Crippen LogP contribution >= 0.6 is 15.9 Å². The van der Waals surface area contributed by atoms with Gasteiger partial charge in [0.15, 0.2) is 0 Å². The molecule has 0 aliphatic carbocycles. The van der Waals surface area contributed by atoms with Crippen molar-refractivity contribution in [3.8, 4) is 0 Å². The average Bonchev–Trinajstić information content (AvgIpc) is 2.74. The number of anilines is 1. The summed E-state index contributed by atoms with van der Waals surface area (Å²) in [6.45, 7) is 4.32. The summed E-state index contributed by atoms with van der Waals surface area (Å²) >= 11 is 3.62. The fraction of sp³-hybridized carbons (Fsp3) is 0.600. The molecule has 1 unspecified atom stereocenters. The van der Waals surface area contributed by atoms with E-state index in [-0.39, 0.29) is 6.04 Å². The van der Waals surface area contributed by atoms with Gasteiger partial charge in [0.25, 0.3) is 0 Å². The quantitative estimate of drug-likeness (QED) is 0.923. The Morgan fingerprint density at radius 1 is 1.53 bits per heavy atom. The van der Waals surface area contributed by atoms with Gasteiger partial charge >= 0.3 is 0 Å². The lowest BCUT2D eigenvalue weighted by molar-refractivity contribution is 0.314. The molecule has 1 aliphatic heterocycles. The van der Waals surface area contributed by atoms with E-state index in [0.29, 0.717) is 6.04 Å². The highest BCUT2D eigenvalue weighted by atomic mass is 79.9. The third-order valence-corrected chi connectivity index (χ3v) is 4.76. The molecule has 0 amide bonds. The molecular formula is C15H24BrN3. The maximum absolute atomic E-state index is 5.94. The van der Waals surface area contributed by atoms with E-state index in [2.05, 4.69) is 58.0 Å². The maximum atomic E-state index is 5.94. The van der Waals surface area contributed by atoms with Gasteiger partial charge in [0.1, 0.15) is 0 Å². The normalized spacial score (nSPS) is 21.6. The largest absolute Gasteiger partial charge is 0.373 e. The predicted molar refractivity (Wildman–Crippen MR) is 85.7 cm³/mol. The fourth-order valence-electron chi connectivity index (χ4n) is 2.75. The van der Waals surface area contributed by atoms with Crippen molar-refractivity contribution in [2.75, 3.05) is 32.1 Å².